The molecule has 1 rings (SSSR count). The maximum atomic E-state index is 10.9. The van der Waals surface area contributed by atoms with Crippen molar-refractivity contribution in [1.82, 2.24) is 10.2 Å². The minimum atomic E-state index is 0.0483. The van der Waals surface area contributed by atoms with Crippen LogP contribution < -0.4 is 5.32 Å². The molecule has 0 aliphatic carbocycles. The first-order chi connectivity index (χ1) is 10.1. The van der Waals surface area contributed by atoms with Crippen LogP contribution >= 0.6 is 0 Å². The molecule has 0 spiro atoms. The maximum absolute atomic E-state index is 10.9. The smallest absolute Gasteiger partial charge is 0.216 e. The third kappa shape index (κ3) is 5.80. The Balaban J connectivity index is 2.67. The van der Waals surface area contributed by atoms with E-state index in [4.69, 9.17) is 0 Å². The van der Waals surface area contributed by atoms with E-state index in [1.807, 2.05) is 0 Å². The van der Waals surface area contributed by atoms with Crippen LogP contribution in [0.2, 0.25) is 0 Å². The molecule has 0 aliphatic rings. The van der Waals surface area contributed by atoms with Crippen molar-refractivity contribution < 1.29 is 4.79 Å². The van der Waals surface area contributed by atoms with Gasteiger partial charge >= 0.3 is 0 Å². The number of benzene rings is 1. The fourth-order valence-corrected chi connectivity index (χ4v) is 2.64. The van der Waals surface area contributed by atoms with Crippen molar-refractivity contribution >= 4 is 5.91 Å². The maximum Gasteiger partial charge on any atom is 0.216 e. The van der Waals surface area contributed by atoms with Gasteiger partial charge in [-0.2, -0.15) is 0 Å². The van der Waals surface area contributed by atoms with Crippen molar-refractivity contribution in [3.05, 3.63) is 34.4 Å². The second-order valence-electron chi connectivity index (χ2n) is 7.41. The molecule has 0 aliphatic heterocycles. The molecule has 0 radical (unpaired) electrons. The van der Waals surface area contributed by atoms with Gasteiger partial charge in [-0.25, -0.2) is 0 Å². The van der Waals surface area contributed by atoms with Gasteiger partial charge in [0.1, 0.15) is 0 Å². The predicted octanol–water partition coefficient (Wildman–Crippen LogP) is 3.56. The summed E-state index contributed by atoms with van der Waals surface area (Å²) >= 11 is 0. The molecule has 22 heavy (non-hydrogen) atoms. The van der Waals surface area contributed by atoms with Gasteiger partial charge in [-0.1, -0.05) is 32.9 Å². The van der Waals surface area contributed by atoms with Crippen LogP contribution in [0.5, 0.6) is 0 Å². The zero-order chi connectivity index (χ0) is 16.9. The Labute approximate surface area is 136 Å². The van der Waals surface area contributed by atoms with E-state index in [1.165, 1.54) is 22.3 Å². The normalized spacial score (nSPS) is 11.8. The van der Waals surface area contributed by atoms with E-state index in [0.717, 1.165) is 26.1 Å². The lowest BCUT2D eigenvalue weighted by Gasteiger charge is -2.24. The number of aryl methyl sites for hydroxylation is 2. The first-order valence-corrected chi connectivity index (χ1v) is 8.15. The highest BCUT2D eigenvalue weighted by atomic mass is 16.1. The van der Waals surface area contributed by atoms with Crippen LogP contribution in [0.1, 0.15) is 56.4 Å². The van der Waals surface area contributed by atoms with E-state index in [-0.39, 0.29) is 11.3 Å². The highest BCUT2D eigenvalue weighted by Crippen LogP contribution is 2.27. The zero-order valence-corrected chi connectivity index (χ0v) is 15.3. The Morgan fingerprint density at radius 3 is 2.18 bits per heavy atom. The summed E-state index contributed by atoms with van der Waals surface area (Å²) in [6, 6.07) is 4.65. The van der Waals surface area contributed by atoms with E-state index in [2.05, 4.69) is 64.0 Å². The first-order valence-electron chi connectivity index (χ1n) is 8.15. The van der Waals surface area contributed by atoms with Gasteiger partial charge in [0.05, 0.1) is 0 Å². The van der Waals surface area contributed by atoms with Gasteiger partial charge in [0.2, 0.25) is 5.91 Å². The second kappa shape index (κ2) is 7.77. The lowest BCUT2D eigenvalue weighted by atomic mass is 9.84. The number of amides is 1. The van der Waals surface area contributed by atoms with E-state index in [9.17, 15) is 4.79 Å². The van der Waals surface area contributed by atoms with Crippen LogP contribution in [-0.4, -0.2) is 30.9 Å². The van der Waals surface area contributed by atoms with Gasteiger partial charge in [-0.3, -0.25) is 4.79 Å². The highest BCUT2D eigenvalue weighted by Gasteiger charge is 2.16. The van der Waals surface area contributed by atoms with E-state index in [1.54, 1.807) is 6.92 Å². The van der Waals surface area contributed by atoms with E-state index in [0.29, 0.717) is 0 Å². The van der Waals surface area contributed by atoms with Crippen molar-refractivity contribution in [3.8, 4) is 0 Å². The lowest BCUT2D eigenvalue weighted by Crippen LogP contribution is -2.26. The molecule has 3 heteroatoms. The summed E-state index contributed by atoms with van der Waals surface area (Å²) < 4.78 is 0. The summed E-state index contributed by atoms with van der Waals surface area (Å²) in [5.41, 5.74) is 5.77. The van der Waals surface area contributed by atoms with Crippen LogP contribution in [-0.2, 0) is 16.8 Å². The van der Waals surface area contributed by atoms with Gasteiger partial charge in [-0.15, -0.1) is 0 Å². The molecule has 124 valence electrons. The van der Waals surface area contributed by atoms with E-state index < -0.39 is 0 Å². The Hall–Kier alpha value is -1.35. The molecule has 3 nitrogen and oxygen atoms in total. The molecule has 0 unspecified atom stereocenters. The fourth-order valence-electron chi connectivity index (χ4n) is 2.64. The minimum absolute atomic E-state index is 0.0483. The summed E-state index contributed by atoms with van der Waals surface area (Å²) in [5, 5.41) is 2.85. The van der Waals surface area contributed by atoms with Crippen molar-refractivity contribution in [2.24, 2.45) is 0 Å². The quantitative estimate of drug-likeness (QED) is 0.815. The number of nitrogens with zero attached hydrogens (tertiary/aromatic N) is 1. The molecular formula is C19H32N2O. The average molecular weight is 304 g/mol. The first kappa shape index (κ1) is 18.7. The molecule has 1 aromatic carbocycles. The van der Waals surface area contributed by atoms with Crippen molar-refractivity contribution in [2.45, 2.75) is 59.9 Å². The number of hydrogen-bond donors (Lipinski definition) is 1. The summed E-state index contributed by atoms with van der Waals surface area (Å²) in [6.07, 6.45) is 0.980. The molecule has 1 amide bonds. The predicted molar refractivity (Wildman–Crippen MR) is 94.3 cm³/mol. The molecule has 0 saturated carbocycles. The van der Waals surface area contributed by atoms with Crippen LogP contribution in [0.3, 0.4) is 0 Å². The van der Waals surface area contributed by atoms with Gasteiger partial charge in [0, 0.05) is 20.0 Å². The largest absolute Gasteiger partial charge is 0.356 e. The van der Waals surface area contributed by atoms with E-state index >= 15 is 0 Å². The molecule has 0 aromatic heterocycles. The Bertz CT molecular complexity index is 492. The molecule has 0 heterocycles. The number of nitrogens with one attached hydrogen (secondary N) is 1. The third-order valence-corrected chi connectivity index (χ3v) is 4.08. The molecule has 0 bridgehead atoms. The number of hydrogen-bond acceptors (Lipinski definition) is 2. The summed E-state index contributed by atoms with van der Waals surface area (Å²) in [4.78, 5) is 13.2. The van der Waals surface area contributed by atoms with Gasteiger partial charge in [-0.05, 0) is 61.5 Å². The zero-order valence-electron chi connectivity index (χ0n) is 15.3. The standard InChI is InChI=1S/C19H32N2O/c1-14-11-17(19(4,5)6)12-15(2)18(14)13-21(7)10-8-9-20-16(3)22/h11-12H,8-10,13H2,1-7H3,(H,20,22). The number of rotatable bonds is 6. The van der Waals surface area contributed by atoms with Crippen LogP contribution in [0.4, 0.5) is 0 Å². The third-order valence-electron chi connectivity index (χ3n) is 4.08. The van der Waals surface area contributed by atoms with Crippen molar-refractivity contribution in [2.75, 3.05) is 20.1 Å². The summed E-state index contributed by atoms with van der Waals surface area (Å²) in [5.74, 6) is 0.0483. The fraction of sp³-hybridized carbons (Fsp3) is 0.632. The van der Waals surface area contributed by atoms with Crippen LogP contribution in [0.15, 0.2) is 12.1 Å². The lowest BCUT2D eigenvalue weighted by molar-refractivity contribution is -0.118. The topological polar surface area (TPSA) is 32.3 Å². The molecule has 0 saturated heterocycles. The van der Waals surface area contributed by atoms with Gasteiger partial charge in [0.15, 0.2) is 0 Å². The molecule has 0 fully saturated rings. The summed E-state index contributed by atoms with van der Waals surface area (Å²) in [7, 11) is 2.14. The van der Waals surface area contributed by atoms with Crippen molar-refractivity contribution in [1.29, 1.82) is 0 Å². The Kier molecular flexibility index (Phi) is 6.61. The van der Waals surface area contributed by atoms with Gasteiger partial charge in [0.25, 0.3) is 0 Å². The summed E-state index contributed by atoms with van der Waals surface area (Å²) in [6.45, 7) is 15.5. The number of carbonyl (C=O) groups excluding carboxylic acids is 1. The average Bonchev–Trinajstić information content (AvgIpc) is 2.37. The molecule has 0 atom stereocenters. The molecular weight excluding hydrogens is 272 g/mol. The van der Waals surface area contributed by atoms with Gasteiger partial charge < -0.3 is 10.2 Å². The Morgan fingerprint density at radius 2 is 1.73 bits per heavy atom. The molecule has 1 aromatic rings. The second-order valence-corrected chi connectivity index (χ2v) is 7.41. The van der Waals surface area contributed by atoms with Crippen LogP contribution in [0, 0.1) is 13.8 Å². The number of carbonyl (C=O) groups is 1. The Morgan fingerprint density at radius 1 is 1.18 bits per heavy atom. The minimum Gasteiger partial charge on any atom is -0.356 e. The monoisotopic (exact) mass is 304 g/mol. The van der Waals surface area contributed by atoms with Crippen LogP contribution in [0.25, 0.3) is 0 Å². The van der Waals surface area contributed by atoms with Crippen molar-refractivity contribution in [3.63, 3.8) is 0 Å². The molecule has 1 N–H and O–H groups in total. The highest BCUT2D eigenvalue weighted by molar-refractivity contribution is 5.72. The SMILES string of the molecule is CC(=O)NCCCN(C)Cc1c(C)cc(C(C)(C)C)cc1C.